The maximum atomic E-state index is 9.00. The number of nitrogens with one attached hydrogen (secondary N) is 2. The number of aliphatic hydroxyl groups is 1. The fourth-order valence-corrected chi connectivity index (χ4v) is 1.72. The molecule has 2 aromatic rings. The molecule has 3 N–H and O–H groups in total. The zero-order valence-electron chi connectivity index (χ0n) is 11.7. The topological polar surface area (TPSA) is 83.0 Å². The van der Waals surface area contributed by atoms with Crippen molar-refractivity contribution in [1.82, 2.24) is 15.0 Å². The van der Waals surface area contributed by atoms with E-state index in [1.165, 1.54) is 6.33 Å². The minimum atomic E-state index is -0.0206. The molecule has 0 aliphatic carbocycles. The number of anilines is 2. The van der Waals surface area contributed by atoms with Gasteiger partial charge in [-0.2, -0.15) is 0 Å². The number of hydrogen-bond acceptors (Lipinski definition) is 6. The Morgan fingerprint density at radius 2 is 2.05 bits per heavy atom. The van der Waals surface area contributed by atoms with Crippen LogP contribution < -0.4 is 10.6 Å². The van der Waals surface area contributed by atoms with E-state index in [0.717, 1.165) is 29.4 Å². The van der Waals surface area contributed by atoms with Crippen molar-refractivity contribution in [3.8, 4) is 11.3 Å². The Balaban J connectivity index is 2.15. The van der Waals surface area contributed by atoms with Gasteiger partial charge in [0.05, 0.1) is 12.3 Å². The number of nitrogens with zero attached hydrogens (tertiary/aromatic N) is 3. The van der Waals surface area contributed by atoms with Gasteiger partial charge >= 0.3 is 0 Å². The molecule has 6 heteroatoms. The number of aromatic nitrogens is 3. The van der Waals surface area contributed by atoms with Crippen LogP contribution in [0.3, 0.4) is 0 Å². The van der Waals surface area contributed by atoms with Crippen molar-refractivity contribution in [3.05, 3.63) is 30.7 Å². The molecular weight excluding hydrogens is 254 g/mol. The lowest BCUT2D eigenvalue weighted by molar-refractivity contribution is 0.281. The highest BCUT2D eigenvalue weighted by atomic mass is 16.3. The average molecular weight is 273 g/mol. The summed E-state index contributed by atoms with van der Waals surface area (Å²) in [6, 6.07) is 5.69. The first kappa shape index (κ1) is 14.2. The molecule has 0 saturated carbocycles. The van der Waals surface area contributed by atoms with Gasteiger partial charge in [-0.15, -0.1) is 0 Å². The highest BCUT2D eigenvalue weighted by Crippen LogP contribution is 2.19. The van der Waals surface area contributed by atoms with Gasteiger partial charge in [-0.3, -0.25) is 0 Å². The molecule has 1 atom stereocenters. The molecule has 0 saturated heterocycles. The van der Waals surface area contributed by atoms with E-state index in [-0.39, 0.29) is 12.6 Å². The van der Waals surface area contributed by atoms with Crippen LogP contribution in [0.15, 0.2) is 30.7 Å². The van der Waals surface area contributed by atoms with Gasteiger partial charge in [-0.05, 0) is 26.0 Å². The maximum absolute atomic E-state index is 9.00. The highest BCUT2D eigenvalue weighted by Gasteiger charge is 2.04. The van der Waals surface area contributed by atoms with Crippen molar-refractivity contribution in [3.63, 3.8) is 0 Å². The first-order chi connectivity index (χ1) is 9.72. The van der Waals surface area contributed by atoms with Gasteiger partial charge in [0.1, 0.15) is 18.0 Å². The highest BCUT2D eigenvalue weighted by molar-refractivity contribution is 5.62. The van der Waals surface area contributed by atoms with Crippen LogP contribution in [0.25, 0.3) is 11.3 Å². The Hall–Kier alpha value is -2.21. The lowest BCUT2D eigenvalue weighted by Crippen LogP contribution is -2.19. The fourth-order valence-electron chi connectivity index (χ4n) is 1.72. The molecule has 2 aromatic heterocycles. The quantitative estimate of drug-likeness (QED) is 0.744. The van der Waals surface area contributed by atoms with Crippen molar-refractivity contribution in [2.45, 2.75) is 19.9 Å². The summed E-state index contributed by atoms with van der Waals surface area (Å²) in [6.45, 7) is 4.80. The maximum Gasteiger partial charge on any atom is 0.129 e. The van der Waals surface area contributed by atoms with Crippen molar-refractivity contribution < 1.29 is 5.11 Å². The largest absolute Gasteiger partial charge is 0.394 e. The minimum Gasteiger partial charge on any atom is -0.394 e. The van der Waals surface area contributed by atoms with Crippen LogP contribution in [0, 0.1) is 0 Å². The average Bonchev–Trinajstić information content (AvgIpc) is 2.48. The number of rotatable bonds is 6. The monoisotopic (exact) mass is 273 g/mol. The third-order valence-electron chi connectivity index (χ3n) is 2.75. The van der Waals surface area contributed by atoms with Crippen molar-refractivity contribution >= 4 is 11.6 Å². The molecule has 106 valence electrons. The van der Waals surface area contributed by atoms with Gasteiger partial charge in [0.15, 0.2) is 0 Å². The zero-order valence-corrected chi connectivity index (χ0v) is 11.7. The first-order valence-electron chi connectivity index (χ1n) is 6.62. The molecular formula is C14H19N5O. The smallest absolute Gasteiger partial charge is 0.129 e. The molecule has 0 unspecified atom stereocenters. The van der Waals surface area contributed by atoms with E-state index >= 15 is 0 Å². The molecule has 0 spiro atoms. The lowest BCUT2D eigenvalue weighted by Gasteiger charge is -2.11. The van der Waals surface area contributed by atoms with Gasteiger partial charge in [0.2, 0.25) is 0 Å². The van der Waals surface area contributed by atoms with Gasteiger partial charge < -0.3 is 15.7 Å². The van der Waals surface area contributed by atoms with Crippen molar-refractivity contribution in [2.24, 2.45) is 0 Å². The summed E-state index contributed by atoms with van der Waals surface area (Å²) in [6.07, 6.45) is 3.29. The SMILES string of the molecule is CCNc1cc(-c2ccc(N[C@@H](C)CO)nc2)ncn1. The Bertz CT molecular complexity index is 544. The third kappa shape index (κ3) is 3.64. The standard InChI is InChI=1S/C14H19N5O/c1-3-15-14-6-12(17-9-18-14)11-4-5-13(16-7-11)19-10(2)8-20/h4-7,9-10,20H,3,8H2,1-2H3,(H,16,19)(H,15,17,18)/t10-/m0/s1. The molecule has 0 fully saturated rings. The first-order valence-corrected chi connectivity index (χ1v) is 6.62. The summed E-state index contributed by atoms with van der Waals surface area (Å²) < 4.78 is 0. The summed E-state index contributed by atoms with van der Waals surface area (Å²) in [4.78, 5) is 12.7. The van der Waals surface area contributed by atoms with Crippen LogP contribution in [0.2, 0.25) is 0 Å². The number of hydrogen-bond donors (Lipinski definition) is 3. The second-order valence-electron chi connectivity index (χ2n) is 4.48. The predicted octanol–water partition coefficient (Wildman–Crippen LogP) is 1.76. The molecule has 20 heavy (non-hydrogen) atoms. The molecule has 2 rings (SSSR count). The summed E-state index contributed by atoms with van der Waals surface area (Å²) in [5, 5.41) is 15.2. The molecule has 0 amide bonds. The predicted molar refractivity (Wildman–Crippen MR) is 79.6 cm³/mol. The zero-order chi connectivity index (χ0) is 14.4. The second-order valence-corrected chi connectivity index (χ2v) is 4.48. The van der Waals surface area contributed by atoms with Crippen LogP contribution in [-0.4, -0.2) is 39.3 Å². The number of aliphatic hydroxyl groups excluding tert-OH is 1. The van der Waals surface area contributed by atoms with E-state index in [4.69, 9.17) is 5.11 Å². The third-order valence-corrected chi connectivity index (χ3v) is 2.75. The molecule has 0 aliphatic heterocycles. The molecule has 2 heterocycles. The Labute approximate surface area is 118 Å². The second kappa shape index (κ2) is 6.81. The Morgan fingerprint density at radius 1 is 1.20 bits per heavy atom. The van der Waals surface area contributed by atoms with Crippen molar-refractivity contribution in [1.29, 1.82) is 0 Å². The summed E-state index contributed by atoms with van der Waals surface area (Å²) in [7, 11) is 0. The summed E-state index contributed by atoms with van der Waals surface area (Å²) >= 11 is 0. The van der Waals surface area contributed by atoms with Gasteiger partial charge in [-0.1, -0.05) is 0 Å². The number of pyridine rings is 1. The van der Waals surface area contributed by atoms with E-state index in [0.29, 0.717) is 0 Å². The van der Waals surface area contributed by atoms with E-state index in [9.17, 15) is 0 Å². The molecule has 0 aliphatic rings. The molecule has 0 radical (unpaired) electrons. The Morgan fingerprint density at radius 3 is 2.70 bits per heavy atom. The van der Waals surface area contributed by atoms with Crippen LogP contribution >= 0.6 is 0 Å². The normalized spacial score (nSPS) is 11.9. The van der Waals surface area contributed by atoms with E-state index in [1.807, 2.05) is 32.0 Å². The van der Waals surface area contributed by atoms with Crippen LogP contribution in [0.1, 0.15) is 13.8 Å². The van der Waals surface area contributed by atoms with Crippen LogP contribution in [-0.2, 0) is 0 Å². The van der Waals surface area contributed by atoms with Gasteiger partial charge in [0.25, 0.3) is 0 Å². The van der Waals surface area contributed by atoms with Gasteiger partial charge in [-0.25, -0.2) is 15.0 Å². The lowest BCUT2D eigenvalue weighted by atomic mass is 10.2. The molecule has 0 aromatic carbocycles. The minimum absolute atomic E-state index is 0.0206. The fraction of sp³-hybridized carbons (Fsp3) is 0.357. The molecule has 0 bridgehead atoms. The molecule has 6 nitrogen and oxygen atoms in total. The summed E-state index contributed by atoms with van der Waals surface area (Å²) in [5.74, 6) is 1.53. The summed E-state index contributed by atoms with van der Waals surface area (Å²) in [5.41, 5.74) is 1.75. The van der Waals surface area contributed by atoms with Crippen molar-refractivity contribution in [2.75, 3.05) is 23.8 Å². The van der Waals surface area contributed by atoms with Crippen LogP contribution in [0.4, 0.5) is 11.6 Å². The Kier molecular flexibility index (Phi) is 4.84. The van der Waals surface area contributed by atoms with Crippen LogP contribution in [0.5, 0.6) is 0 Å². The van der Waals surface area contributed by atoms with E-state index < -0.39 is 0 Å². The van der Waals surface area contributed by atoms with E-state index in [2.05, 4.69) is 25.6 Å². The van der Waals surface area contributed by atoms with Gasteiger partial charge in [0, 0.05) is 30.4 Å². The van der Waals surface area contributed by atoms with E-state index in [1.54, 1.807) is 6.20 Å².